The lowest BCUT2D eigenvalue weighted by Gasteiger charge is -2.15. The molecule has 0 aromatic heterocycles. The molecule has 20 heavy (non-hydrogen) atoms. The molecule has 1 atom stereocenters. The minimum atomic E-state index is -0.224. The number of thioether (sulfide) groups is 1. The summed E-state index contributed by atoms with van der Waals surface area (Å²) < 4.78 is 10.0. The molecule has 112 valence electrons. The number of rotatable bonds is 9. The topological polar surface area (TPSA) is 47.6 Å². The molecule has 5 heteroatoms. The third-order valence-corrected chi connectivity index (χ3v) is 3.87. The Morgan fingerprint density at radius 1 is 1.40 bits per heavy atom. The Morgan fingerprint density at radius 3 is 2.85 bits per heavy atom. The van der Waals surface area contributed by atoms with E-state index >= 15 is 0 Å². The molecule has 1 unspecified atom stereocenters. The molecule has 0 saturated carbocycles. The van der Waals surface area contributed by atoms with Crippen LogP contribution in [0.4, 0.5) is 0 Å². The van der Waals surface area contributed by atoms with Crippen LogP contribution in [0.5, 0.6) is 5.75 Å². The lowest BCUT2D eigenvalue weighted by Crippen LogP contribution is -2.38. The fraction of sp³-hybridized carbons (Fsp3) is 0.533. The van der Waals surface area contributed by atoms with E-state index in [1.165, 1.54) is 7.11 Å². The summed E-state index contributed by atoms with van der Waals surface area (Å²) in [6.07, 6.45) is 1.74. The second kappa shape index (κ2) is 9.66. The van der Waals surface area contributed by atoms with E-state index in [2.05, 4.69) is 12.2 Å². The normalized spacial score (nSPS) is 11.9. The fourth-order valence-electron chi connectivity index (χ4n) is 1.75. The molecule has 0 saturated heterocycles. The average molecular weight is 297 g/mol. The smallest absolute Gasteiger partial charge is 0.322 e. The molecule has 1 N–H and O–H groups in total. The Hall–Kier alpha value is -1.20. The van der Waals surface area contributed by atoms with Gasteiger partial charge in [-0.15, -0.1) is 11.8 Å². The molecule has 0 bridgehead atoms. The molecule has 0 aliphatic rings. The number of carbonyl (C=O) groups is 1. The summed E-state index contributed by atoms with van der Waals surface area (Å²) in [4.78, 5) is 12.8. The van der Waals surface area contributed by atoms with Gasteiger partial charge in [0.2, 0.25) is 0 Å². The standard InChI is InChI=1S/C15H23NO3S/c1-4-9-16-14(15(17)19-3)8-10-20-13-7-5-6-12(11-13)18-2/h5-7,11,14,16H,4,8-10H2,1-3H3. The van der Waals surface area contributed by atoms with Crippen molar-refractivity contribution in [2.24, 2.45) is 0 Å². The van der Waals surface area contributed by atoms with Crippen LogP contribution in [0.25, 0.3) is 0 Å². The van der Waals surface area contributed by atoms with Gasteiger partial charge in [0, 0.05) is 10.6 Å². The maximum Gasteiger partial charge on any atom is 0.322 e. The summed E-state index contributed by atoms with van der Waals surface area (Å²) in [5.74, 6) is 1.51. The first-order valence-corrected chi connectivity index (χ1v) is 7.77. The Morgan fingerprint density at radius 2 is 2.20 bits per heavy atom. The van der Waals surface area contributed by atoms with Gasteiger partial charge in [-0.3, -0.25) is 4.79 Å². The van der Waals surface area contributed by atoms with E-state index in [9.17, 15) is 4.79 Å². The van der Waals surface area contributed by atoms with Gasteiger partial charge in [-0.1, -0.05) is 13.0 Å². The Balaban J connectivity index is 2.44. The number of benzene rings is 1. The van der Waals surface area contributed by atoms with Crippen molar-refractivity contribution in [1.82, 2.24) is 5.32 Å². The second-order valence-electron chi connectivity index (χ2n) is 4.35. The molecule has 0 fully saturated rings. The van der Waals surface area contributed by atoms with E-state index in [1.54, 1.807) is 18.9 Å². The SMILES string of the molecule is CCCNC(CCSc1cccc(OC)c1)C(=O)OC. The molecule has 1 aromatic carbocycles. The van der Waals surface area contributed by atoms with Crippen molar-refractivity contribution in [3.8, 4) is 5.75 Å². The minimum absolute atomic E-state index is 0.190. The second-order valence-corrected chi connectivity index (χ2v) is 5.51. The zero-order valence-electron chi connectivity index (χ0n) is 12.3. The molecule has 0 aliphatic heterocycles. The first kappa shape index (κ1) is 16.9. The van der Waals surface area contributed by atoms with Gasteiger partial charge >= 0.3 is 5.97 Å². The molecule has 0 radical (unpaired) electrons. The fourth-order valence-corrected chi connectivity index (χ4v) is 2.71. The van der Waals surface area contributed by atoms with Crippen molar-refractivity contribution in [3.63, 3.8) is 0 Å². The van der Waals surface area contributed by atoms with Gasteiger partial charge in [0.15, 0.2) is 0 Å². The number of ether oxygens (including phenoxy) is 2. The van der Waals surface area contributed by atoms with E-state index in [0.29, 0.717) is 0 Å². The van der Waals surface area contributed by atoms with E-state index in [-0.39, 0.29) is 12.0 Å². The van der Waals surface area contributed by atoms with E-state index < -0.39 is 0 Å². The Labute approximate surface area is 125 Å². The number of hydrogen-bond acceptors (Lipinski definition) is 5. The summed E-state index contributed by atoms with van der Waals surface area (Å²) >= 11 is 1.71. The van der Waals surface area contributed by atoms with E-state index in [4.69, 9.17) is 9.47 Å². The highest BCUT2D eigenvalue weighted by Gasteiger charge is 2.17. The Bertz CT molecular complexity index is 412. The highest BCUT2D eigenvalue weighted by Crippen LogP contribution is 2.23. The van der Waals surface area contributed by atoms with Gasteiger partial charge in [0.25, 0.3) is 0 Å². The van der Waals surface area contributed by atoms with Gasteiger partial charge in [-0.2, -0.15) is 0 Å². The molecular weight excluding hydrogens is 274 g/mol. The predicted octanol–water partition coefficient (Wildman–Crippen LogP) is 2.72. The highest BCUT2D eigenvalue weighted by atomic mass is 32.2. The summed E-state index contributed by atoms with van der Waals surface area (Å²) in [5.41, 5.74) is 0. The number of esters is 1. The largest absolute Gasteiger partial charge is 0.497 e. The zero-order valence-corrected chi connectivity index (χ0v) is 13.2. The van der Waals surface area contributed by atoms with Crippen LogP contribution in [0.15, 0.2) is 29.2 Å². The monoisotopic (exact) mass is 297 g/mol. The number of hydrogen-bond donors (Lipinski definition) is 1. The number of carbonyl (C=O) groups excluding carboxylic acids is 1. The van der Waals surface area contributed by atoms with Crippen LogP contribution in [-0.2, 0) is 9.53 Å². The van der Waals surface area contributed by atoms with Crippen LogP contribution in [0.1, 0.15) is 19.8 Å². The van der Waals surface area contributed by atoms with Crippen LogP contribution in [0, 0.1) is 0 Å². The van der Waals surface area contributed by atoms with Crippen molar-refractivity contribution >= 4 is 17.7 Å². The van der Waals surface area contributed by atoms with Crippen molar-refractivity contribution in [1.29, 1.82) is 0 Å². The molecule has 0 amide bonds. The van der Waals surface area contributed by atoms with Gasteiger partial charge < -0.3 is 14.8 Å². The lowest BCUT2D eigenvalue weighted by molar-refractivity contribution is -0.143. The van der Waals surface area contributed by atoms with Crippen LogP contribution in [-0.4, -0.2) is 38.5 Å². The van der Waals surface area contributed by atoms with Gasteiger partial charge in [-0.25, -0.2) is 0 Å². The average Bonchev–Trinajstić information content (AvgIpc) is 2.50. The summed E-state index contributed by atoms with van der Waals surface area (Å²) in [6, 6.07) is 7.70. The molecule has 1 aromatic rings. The predicted molar refractivity (Wildman–Crippen MR) is 82.4 cm³/mol. The van der Waals surface area contributed by atoms with Crippen LogP contribution < -0.4 is 10.1 Å². The van der Waals surface area contributed by atoms with Crippen molar-refractivity contribution in [3.05, 3.63) is 24.3 Å². The first-order chi connectivity index (χ1) is 9.71. The molecule has 1 rings (SSSR count). The third kappa shape index (κ3) is 5.84. The van der Waals surface area contributed by atoms with E-state index in [0.717, 1.165) is 35.8 Å². The molecule has 0 aliphatic carbocycles. The van der Waals surface area contributed by atoms with Gasteiger partial charge in [0.1, 0.15) is 11.8 Å². The van der Waals surface area contributed by atoms with Gasteiger partial charge in [-0.05, 0) is 37.6 Å². The lowest BCUT2D eigenvalue weighted by atomic mass is 10.2. The van der Waals surface area contributed by atoms with Crippen molar-refractivity contribution in [2.75, 3.05) is 26.5 Å². The number of methoxy groups -OCH3 is 2. The van der Waals surface area contributed by atoms with Crippen LogP contribution in [0.3, 0.4) is 0 Å². The summed E-state index contributed by atoms with van der Waals surface area (Å²) in [7, 11) is 3.09. The quantitative estimate of drug-likeness (QED) is 0.561. The van der Waals surface area contributed by atoms with Crippen molar-refractivity contribution in [2.45, 2.75) is 30.7 Å². The highest BCUT2D eigenvalue weighted by molar-refractivity contribution is 7.99. The van der Waals surface area contributed by atoms with Gasteiger partial charge in [0.05, 0.1) is 14.2 Å². The molecular formula is C15H23NO3S. The van der Waals surface area contributed by atoms with E-state index in [1.807, 2.05) is 24.3 Å². The first-order valence-electron chi connectivity index (χ1n) is 6.79. The van der Waals surface area contributed by atoms with Crippen LogP contribution in [0.2, 0.25) is 0 Å². The summed E-state index contributed by atoms with van der Waals surface area (Å²) in [6.45, 7) is 2.90. The molecule has 0 spiro atoms. The maximum atomic E-state index is 11.6. The molecule has 4 nitrogen and oxygen atoms in total. The number of nitrogens with one attached hydrogen (secondary N) is 1. The Kier molecular flexibility index (Phi) is 8.14. The molecule has 0 heterocycles. The van der Waals surface area contributed by atoms with Crippen LogP contribution >= 0.6 is 11.8 Å². The minimum Gasteiger partial charge on any atom is -0.497 e. The third-order valence-electron chi connectivity index (χ3n) is 2.84. The maximum absolute atomic E-state index is 11.6. The zero-order chi connectivity index (χ0) is 14.8. The van der Waals surface area contributed by atoms with Crippen molar-refractivity contribution < 1.29 is 14.3 Å². The summed E-state index contributed by atoms with van der Waals surface area (Å²) in [5, 5.41) is 3.22.